The Labute approximate surface area is 99.4 Å². The molecule has 2 heterocycles. The van der Waals surface area contributed by atoms with Crippen molar-refractivity contribution in [1.82, 2.24) is 14.5 Å². The van der Waals surface area contributed by atoms with Crippen LogP contribution >= 0.6 is 0 Å². The highest BCUT2D eigenvalue weighted by molar-refractivity contribution is 5.84. The smallest absolute Gasteiger partial charge is 0.185 e. The summed E-state index contributed by atoms with van der Waals surface area (Å²) in [7, 11) is 1.57. The summed E-state index contributed by atoms with van der Waals surface area (Å²) in [6.07, 6.45) is 2.39. The Bertz CT molecular complexity index is 567. The van der Waals surface area contributed by atoms with E-state index in [1.807, 2.05) is 25.3 Å². The molecule has 0 bridgehead atoms. The van der Waals surface area contributed by atoms with Gasteiger partial charge in [0.2, 0.25) is 0 Å². The molecule has 0 aliphatic carbocycles. The van der Waals surface area contributed by atoms with E-state index in [4.69, 9.17) is 4.74 Å². The van der Waals surface area contributed by atoms with Gasteiger partial charge in [-0.25, -0.2) is 9.97 Å². The van der Waals surface area contributed by atoms with Crippen molar-refractivity contribution in [2.75, 3.05) is 7.11 Å². The van der Waals surface area contributed by atoms with Crippen LogP contribution < -0.4 is 4.74 Å². The average molecular weight is 233 g/mol. The topological polar surface area (TPSA) is 57.0 Å². The second-order valence-corrected chi connectivity index (χ2v) is 4.78. The van der Waals surface area contributed by atoms with Gasteiger partial charge in [-0.2, -0.15) is 0 Å². The number of pyridine rings is 1. The first kappa shape index (κ1) is 11.6. The summed E-state index contributed by atoms with van der Waals surface area (Å²) in [5.74, 6) is 0.991. The lowest BCUT2D eigenvalue weighted by atomic mass is 10.1. The van der Waals surface area contributed by atoms with Crippen molar-refractivity contribution < 1.29 is 9.53 Å². The predicted molar refractivity (Wildman–Crippen MR) is 64.5 cm³/mol. The second-order valence-electron chi connectivity index (χ2n) is 4.78. The molecule has 0 unspecified atom stereocenters. The monoisotopic (exact) mass is 233 g/mol. The molecule has 0 aliphatic rings. The summed E-state index contributed by atoms with van der Waals surface area (Å²) in [4.78, 5) is 19.7. The highest BCUT2D eigenvalue weighted by atomic mass is 16.5. The minimum atomic E-state index is -0.260. The lowest BCUT2D eigenvalue weighted by Gasteiger charge is -2.22. The van der Waals surface area contributed by atoms with Crippen LogP contribution in [0, 0.1) is 0 Å². The van der Waals surface area contributed by atoms with Gasteiger partial charge in [0.1, 0.15) is 5.75 Å². The second kappa shape index (κ2) is 3.84. The molecule has 2 rings (SSSR count). The zero-order valence-corrected chi connectivity index (χ0v) is 10.4. The Morgan fingerprint density at radius 2 is 2.12 bits per heavy atom. The molecule has 0 aliphatic heterocycles. The van der Waals surface area contributed by atoms with Crippen LogP contribution in [0.3, 0.4) is 0 Å². The van der Waals surface area contributed by atoms with Crippen LogP contribution in [0.5, 0.6) is 5.75 Å². The minimum absolute atomic E-state index is 0.260. The van der Waals surface area contributed by atoms with Crippen molar-refractivity contribution in [1.29, 1.82) is 0 Å². The Morgan fingerprint density at radius 3 is 2.65 bits per heavy atom. The number of fused-ring (bicyclic) bond motifs is 1. The Morgan fingerprint density at radius 1 is 1.41 bits per heavy atom. The molecule has 0 N–H and O–H groups in total. The molecular formula is C12H15N3O2. The number of rotatable bonds is 2. The van der Waals surface area contributed by atoms with E-state index in [-0.39, 0.29) is 5.54 Å². The molecule has 2 aromatic rings. The van der Waals surface area contributed by atoms with E-state index < -0.39 is 0 Å². The number of nitrogens with zero attached hydrogens (tertiary/aromatic N) is 3. The third-order valence-electron chi connectivity index (χ3n) is 2.53. The first-order chi connectivity index (χ1) is 7.99. The zero-order valence-electron chi connectivity index (χ0n) is 10.4. The van der Waals surface area contributed by atoms with Crippen LogP contribution in [0.15, 0.2) is 12.3 Å². The lowest BCUT2D eigenvalue weighted by Crippen LogP contribution is -2.24. The van der Waals surface area contributed by atoms with Crippen molar-refractivity contribution in [2.24, 2.45) is 0 Å². The molecule has 17 heavy (non-hydrogen) atoms. The van der Waals surface area contributed by atoms with E-state index >= 15 is 0 Å². The van der Waals surface area contributed by atoms with Crippen LogP contribution in [0.25, 0.3) is 11.2 Å². The molecule has 0 saturated heterocycles. The maximum absolute atomic E-state index is 11.1. The van der Waals surface area contributed by atoms with Gasteiger partial charge >= 0.3 is 0 Å². The molecule has 90 valence electrons. The molecule has 0 atom stereocenters. The normalized spacial score (nSPS) is 11.8. The number of methoxy groups -OCH3 is 1. The Balaban J connectivity index is 2.86. The number of aromatic nitrogens is 3. The summed E-state index contributed by atoms with van der Waals surface area (Å²) in [5, 5.41) is 0. The number of carbonyl (C=O) groups is 1. The van der Waals surface area contributed by atoms with E-state index in [2.05, 4.69) is 9.97 Å². The van der Waals surface area contributed by atoms with E-state index in [9.17, 15) is 4.79 Å². The van der Waals surface area contributed by atoms with Gasteiger partial charge in [-0.15, -0.1) is 0 Å². The van der Waals surface area contributed by atoms with Gasteiger partial charge in [0, 0.05) is 17.8 Å². The summed E-state index contributed by atoms with van der Waals surface area (Å²) >= 11 is 0. The van der Waals surface area contributed by atoms with Gasteiger partial charge in [-0.05, 0) is 20.8 Å². The summed E-state index contributed by atoms with van der Waals surface area (Å²) in [6.45, 7) is 6.01. The molecule has 2 aromatic heterocycles. The van der Waals surface area contributed by atoms with Crippen molar-refractivity contribution in [3.05, 3.63) is 18.1 Å². The predicted octanol–water partition coefficient (Wildman–Crippen LogP) is 2.01. The number of ether oxygens (including phenoxy) is 1. The molecule has 0 radical (unpaired) electrons. The van der Waals surface area contributed by atoms with Crippen LogP contribution in [0.2, 0.25) is 0 Å². The fraction of sp³-hybridized carbons (Fsp3) is 0.417. The quantitative estimate of drug-likeness (QED) is 0.744. The standard InChI is InChI=1S/C12H15N3O2/c1-12(2,3)15-9(7-16)14-10-8(17-4)5-6-13-11(10)15/h5-7H,1-4H3. The largest absolute Gasteiger partial charge is 0.494 e. The van der Waals surface area contributed by atoms with Gasteiger partial charge < -0.3 is 9.30 Å². The van der Waals surface area contributed by atoms with Crippen molar-refractivity contribution in [2.45, 2.75) is 26.3 Å². The van der Waals surface area contributed by atoms with Crippen molar-refractivity contribution in [3.63, 3.8) is 0 Å². The van der Waals surface area contributed by atoms with Gasteiger partial charge in [0.15, 0.2) is 23.3 Å². The molecule has 5 nitrogen and oxygen atoms in total. The van der Waals surface area contributed by atoms with Crippen molar-refractivity contribution >= 4 is 17.5 Å². The van der Waals surface area contributed by atoms with E-state index in [0.29, 0.717) is 22.7 Å². The third-order valence-corrected chi connectivity index (χ3v) is 2.53. The molecule has 5 heteroatoms. The molecule has 0 amide bonds. The number of aldehydes is 1. The molecule has 0 fully saturated rings. The lowest BCUT2D eigenvalue weighted by molar-refractivity contribution is 0.110. The third kappa shape index (κ3) is 1.77. The number of imidazole rings is 1. The van der Waals surface area contributed by atoms with E-state index in [1.54, 1.807) is 19.4 Å². The van der Waals surface area contributed by atoms with Crippen molar-refractivity contribution in [3.8, 4) is 5.75 Å². The minimum Gasteiger partial charge on any atom is -0.494 e. The molecular weight excluding hydrogens is 218 g/mol. The van der Waals surface area contributed by atoms with Gasteiger partial charge in [-0.3, -0.25) is 4.79 Å². The van der Waals surface area contributed by atoms with Crippen LogP contribution in [0.4, 0.5) is 0 Å². The van der Waals surface area contributed by atoms with Crippen LogP contribution in [-0.4, -0.2) is 27.9 Å². The SMILES string of the molecule is COc1ccnc2c1nc(C=O)n2C(C)(C)C. The Hall–Kier alpha value is -1.91. The summed E-state index contributed by atoms with van der Waals surface area (Å²) < 4.78 is 7.04. The average Bonchev–Trinajstić information content (AvgIpc) is 2.66. The summed E-state index contributed by atoms with van der Waals surface area (Å²) in [5.41, 5.74) is 1.02. The number of hydrogen-bond acceptors (Lipinski definition) is 4. The van der Waals surface area contributed by atoms with Gasteiger partial charge in [0.25, 0.3) is 0 Å². The van der Waals surface area contributed by atoms with Crippen LogP contribution in [0.1, 0.15) is 31.4 Å². The molecule has 0 aromatic carbocycles. The highest BCUT2D eigenvalue weighted by Crippen LogP contribution is 2.28. The highest BCUT2D eigenvalue weighted by Gasteiger charge is 2.23. The molecule has 0 spiro atoms. The first-order valence-corrected chi connectivity index (χ1v) is 5.36. The Kier molecular flexibility index (Phi) is 2.61. The maximum Gasteiger partial charge on any atom is 0.185 e. The van der Waals surface area contributed by atoms with Gasteiger partial charge in [-0.1, -0.05) is 0 Å². The fourth-order valence-corrected chi connectivity index (χ4v) is 1.87. The van der Waals surface area contributed by atoms with Crippen LogP contribution in [-0.2, 0) is 5.54 Å². The number of hydrogen-bond donors (Lipinski definition) is 0. The van der Waals surface area contributed by atoms with E-state index in [0.717, 1.165) is 6.29 Å². The summed E-state index contributed by atoms with van der Waals surface area (Å²) in [6, 6.07) is 1.73. The maximum atomic E-state index is 11.1. The first-order valence-electron chi connectivity index (χ1n) is 5.36. The fourth-order valence-electron chi connectivity index (χ4n) is 1.87. The van der Waals surface area contributed by atoms with E-state index in [1.165, 1.54) is 0 Å². The zero-order chi connectivity index (χ0) is 12.6. The number of carbonyl (C=O) groups excluding carboxylic acids is 1. The molecule has 0 saturated carbocycles. The van der Waals surface area contributed by atoms with Gasteiger partial charge in [0.05, 0.1) is 7.11 Å².